The molecule has 7 heteroatoms. The van der Waals surface area contributed by atoms with E-state index in [4.69, 9.17) is 4.74 Å². The van der Waals surface area contributed by atoms with E-state index < -0.39 is 12.7 Å². The van der Waals surface area contributed by atoms with Crippen molar-refractivity contribution in [1.29, 1.82) is 0 Å². The van der Waals surface area contributed by atoms with Crippen molar-refractivity contribution in [3.05, 3.63) is 0 Å². The maximum atomic E-state index is 12.3. The lowest BCUT2D eigenvalue weighted by atomic mass is 10.1. The third-order valence-corrected chi connectivity index (χ3v) is 3.37. The molecule has 1 saturated heterocycles. The molecular formula is C13H23F3N2O2. The average Bonchev–Trinajstić information content (AvgIpc) is 2.35. The summed E-state index contributed by atoms with van der Waals surface area (Å²) in [6.07, 6.45) is -2.64. The Kier molecular flexibility index (Phi) is 6.75. The maximum absolute atomic E-state index is 12.3. The van der Waals surface area contributed by atoms with Crippen LogP contribution < -0.4 is 0 Å². The first-order chi connectivity index (χ1) is 9.37. The molecule has 0 radical (unpaired) electrons. The van der Waals surface area contributed by atoms with Crippen LogP contribution in [0, 0.1) is 0 Å². The summed E-state index contributed by atoms with van der Waals surface area (Å²) in [6, 6.07) is -0.326. The second-order valence-corrected chi connectivity index (χ2v) is 4.98. The highest BCUT2D eigenvalue weighted by Crippen LogP contribution is 2.19. The van der Waals surface area contributed by atoms with Crippen molar-refractivity contribution in [2.45, 2.75) is 38.9 Å². The Hall–Kier alpha value is -0.820. The minimum Gasteiger partial charge on any atom is -0.465 e. The molecule has 0 amide bonds. The van der Waals surface area contributed by atoms with Crippen molar-refractivity contribution in [3.8, 4) is 0 Å². The van der Waals surface area contributed by atoms with Gasteiger partial charge in [-0.2, -0.15) is 13.2 Å². The molecule has 0 aliphatic carbocycles. The number of hydrogen-bond acceptors (Lipinski definition) is 4. The van der Waals surface area contributed by atoms with Crippen LogP contribution in [0.3, 0.4) is 0 Å². The number of alkyl halides is 3. The van der Waals surface area contributed by atoms with Gasteiger partial charge in [0.15, 0.2) is 0 Å². The number of halogens is 3. The van der Waals surface area contributed by atoms with Gasteiger partial charge in [-0.1, -0.05) is 13.3 Å². The van der Waals surface area contributed by atoms with Gasteiger partial charge >= 0.3 is 12.1 Å². The number of carbonyl (C=O) groups excluding carboxylic acids is 1. The van der Waals surface area contributed by atoms with E-state index in [-0.39, 0.29) is 12.0 Å². The Morgan fingerprint density at radius 3 is 2.25 bits per heavy atom. The fourth-order valence-corrected chi connectivity index (χ4v) is 2.45. The topological polar surface area (TPSA) is 32.8 Å². The molecule has 1 aliphatic rings. The highest BCUT2D eigenvalue weighted by molar-refractivity contribution is 5.75. The van der Waals surface area contributed by atoms with E-state index in [2.05, 4.69) is 0 Å². The first-order valence-electron chi connectivity index (χ1n) is 7.07. The summed E-state index contributed by atoms with van der Waals surface area (Å²) in [6.45, 7) is 4.79. The molecular weight excluding hydrogens is 273 g/mol. The van der Waals surface area contributed by atoms with Crippen LogP contribution in [0.15, 0.2) is 0 Å². The number of ether oxygens (including phenoxy) is 1. The summed E-state index contributed by atoms with van der Waals surface area (Å²) in [5, 5.41) is 0. The minimum absolute atomic E-state index is 0.265. The molecule has 0 saturated carbocycles. The molecule has 1 aliphatic heterocycles. The van der Waals surface area contributed by atoms with Gasteiger partial charge in [0.25, 0.3) is 0 Å². The quantitative estimate of drug-likeness (QED) is 0.701. The van der Waals surface area contributed by atoms with Crippen molar-refractivity contribution in [2.24, 2.45) is 0 Å². The fraction of sp³-hybridized carbons (Fsp3) is 0.923. The van der Waals surface area contributed by atoms with Crippen molar-refractivity contribution >= 4 is 5.97 Å². The zero-order valence-corrected chi connectivity index (χ0v) is 12.1. The molecule has 4 nitrogen and oxygen atoms in total. The van der Waals surface area contributed by atoms with Gasteiger partial charge in [-0.25, -0.2) is 0 Å². The van der Waals surface area contributed by atoms with Crippen LogP contribution in [-0.4, -0.2) is 67.3 Å². The molecule has 0 aromatic rings. The van der Waals surface area contributed by atoms with E-state index in [1.165, 1.54) is 4.90 Å². The minimum atomic E-state index is -4.16. The second-order valence-electron chi connectivity index (χ2n) is 4.98. The summed E-state index contributed by atoms with van der Waals surface area (Å²) in [4.78, 5) is 15.2. The lowest BCUT2D eigenvalue weighted by Gasteiger charge is -2.38. The zero-order valence-electron chi connectivity index (χ0n) is 12.1. The second kappa shape index (κ2) is 7.83. The van der Waals surface area contributed by atoms with Gasteiger partial charge in [0.2, 0.25) is 0 Å². The molecule has 1 atom stereocenters. The Morgan fingerprint density at radius 2 is 1.80 bits per heavy atom. The van der Waals surface area contributed by atoms with E-state index >= 15 is 0 Å². The van der Waals surface area contributed by atoms with Crippen LogP contribution >= 0.6 is 0 Å². The molecule has 0 N–H and O–H groups in total. The number of piperazine rings is 1. The van der Waals surface area contributed by atoms with Gasteiger partial charge in [0, 0.05) is 26.2 Å². The first kappa shape index (κ1) is 17.2. The van der Waals surface area contributed by atoms with Gasteiger partial charge in [-0.3, -0.25) is 14.6 Å². The Balaban J connectivity index is 2.50. The van der Waals surface area contributed by atoms with E-state index in [0.717, 1.165) is 6.42 Å². The third-order valence-electron chi connectivity index (χ3n) is 3.37. The van der Waals surface area contributed by atoms with Gasteiger partial charge in [-0.15, -0.1) is 0 Å². The molecule has 0 aromatic carbocycles. The first-order valence-corrected chi connectivity index (χ1v) is 7.07. The number of rotatable bonds is 6. The summed E-state index contributed by atoms with van der Waals surface area (Å²) < 4.78 is 42.0. The molecule has 1 rings (SSSR count). The lowest BCUT2D eigenvalue weighted by molar-refractivity contribution is -0.157. The monoisotopic (exact) mass is 296 g/mol. The van der Waals surface area contributed by atoms with Crippen LogP contribution in [0.1, 0.15) is 26.7 Å². The van der Waals surface area contributed by atoms with Crippen molar-refractivity contribution < 1.29 is 22.7 Å². The molecule has 1 fully saturated rings. The van der Waals surface area contributed by atoms with Crippen LogP contribution in [0.4, 0.5) is 13.2 Å². The summed E-state index contributed by atoms with van der Waals surface area (Å²) in [5.74, 6) is -0.265. The van der Waals surface area contributed by atoms with Gasteiger partial charge < -0.3 is 4.74 Å². The highest BCUT2D eigenvalue weighted by atomic mass is 19.4. The molecule has 0 spiro atoms. The van der Waals surface area contributed by atoms with E-state index in [1.54, 1.807) is 6.92 Å². The maximum Gasteiger partial charge on any atom is 0.401 e. The SMILES string of the molecule is CCCC(C(=O)OCC)N1CCN(CC(F)(F)F)CC1. The van der Waals surface area contributed by atoms with Gasteiger partial charge in [0.05, 0.1) is 13.2 Å². The number of hydrogen-bond donors (Lipinski definition) is 0. The summed E-state index contributed by atoms with van der Waals surface area (Å²) in [5.41, 5.74) is 0. The number of nitrogens with zero attached hydrogens (tertiary/aromatic N) is 2. The normalized spacial score (nSPS) is 19.9. The van der Waals surface area contributed by atoms with Gasteiger partial charge in [0.1, 0.15) is 6.04 Å². The summed E-state index contributed by atoms with van der Waals surface area (Å²) >= 11 is 0. The Bertz CT molecular complexity index is 302. The Labute approximate surface area is 117 Å². The standard InChI is InChI=1S/C13H23F3N2O2/c1-3-5-11(12(19)20-4-2)18-8-6-17(7-9-18)10-13(14,15)16/h11H,3-10H2,1-2H3. The summed E-state index contributed by atoms with van der Waals surface area (Å²) in [7, 11) is 0. The van der Waals surface area contributed by atoms with Crippen molar-refractivity contribution in [1.82, 2.24) is 9.80 Å². The van der Waals surface area contributed by atoms with E-state index in [9.17, 15) is 18.0 Å². The molecule has 1 unspecified atom stereocenters. The lowest BCUT2D eigenvalue weighted by Crippen LogP contribution is -2.54. The van der Waals surface area contributed by atoms with E-state index in [0.29, 0.717) is 39.2 Å². The van der Waals surface area contributed by atoms with Crippen LogP contribution in [-0.2, 0) is 9.53 Å². The predicted octanol–water partition coefficient (Wildman–Crippen LogP) is 1.90. The largest absolute Gasteiger partial charge is 0.465 e. The van der Waals surface area contributed by atoms with Crippen LogP contribution in [0.5, 0.6) is 0 Å². The number of esters is 1. The van der Waals surface area contributed by atoms with Gasteiger partial charge in [-0.05, 0) is 13.3 Å². The average molecular weight is 296 g/mol. The Morgan fingerprint density at radius 1 is 1.20 bits per heavy atom. The van der Waals surface area contributed by atoms with E-state index in [1.807, 2.05) is 11.8 Å². The molecule has 20 heavy (non-hydrogen) atoms. The highest BCUT2D eigenvalue weighted by Gasteiger charge is 2.34. The van der Waals surface area contributed by atoms with Crippen LogP contribution in [0.2, 0.25) is 0 Å². The molecule has 118 valence electrons. The van der Waals surface area contributed by atoms with Crippen molar-refractivity contribution in [3.63, 3.8) is 0 Å². The number of carbonyl (C=O) groups is 1. The zero-order chi connectivity index (χ0) is 15.2. The molecule has 0 aromatic heterocycles. The third kappa shape index (κ3) is 5.66. The molecule has 1 heterocycles. The predicted molar refractivity (Wildman–Crippen MR) is 69.4 cm³/mol. The molecule has 0 bridgehead atoms. The van der Waals surface area contributed by atoms with Crippen molar-refractivity contribution in [2.75, 3.05) is 39.3 Å². The van der Waals surface area contributed by atoms with Crippen LogP contribution in [0.25, 0.3) is 0 Å². The smallest absolute Gasteiger partial charge is 0.401 e. The fourth-order valence-electron chi connectivity index (χ4n) is 2.45.